The van der Waals surface area contributed by atoms with Gasteiger partial charge in [-0.2, -0.15) is 0 Å². The number of nitrogens with zero attached hydrogens (tertiary/aromatic N) is 1. The lowest BCUT2D eigenvalue weighted by Gasteiger charge is -2.35. The molecule has 10 nitrogen and oxygen atoms in total. The zero-order chi connectivity index (χ0) is 22.6. The molecule has 170 valence electrons. The van der Waals surface area contributed by atoms with E-state index in [1.807, 2.05) is 0 Å². The first-order valence-electron chi connectivity index (χ1n) is 10.0. The number of allylic oxidation sites excluding steroid dienone is 1. The van der Waals surface area contributed by atoms with Gasteiger partial charge in [-0.1, -0.05) is 24.3 Å². The van der Waals surface area contributed by atoms with Crippen molar-refractivity contribution < 1.29 is 28.5 Å². The fraction of sp³-hybridized carbons (Fsp3) is 0.476. The third-order valence-electron chi connectivity index (χ3n) is 4.50. The molecule has 1 aromatic carbocycles. The predicted octanol–water partition coefficient (Wildman–Crippen LogP) is 0.309. The third kappa shape index (κ3) is 7.44. The summed E-state index contributed by atoms with van der Waals surface area (Å²) in [6, 6.07) is 5.67. The fourth-order valence-corrected chi connectivity index (χ4v) is 2.91. The average molecular weight is 434 g/mol. The number of morpholine rings is 1. The lowest BCUT2D eigenvalue weighted by Crippen LogP contribution is -2.46. The second-order valence-electron chi connectivity index (χ2n) is 6.70. The summed E-state index contributed by atoms with van der Waals surface area (Å²) < 4.78 is 21.3. The molecule has 1 aliphatic heterocycles. The van der Waals surface area contributed by atoms with Crippen LogP contribution in [0.5, 0.6) is 0 Å². The lowest BCUT2D eigenvalue weighted by atomic mass is 10.0. The molecule has 1 heterocycles. The van der Waals surface area contributed by atoms with E-state index in [1.54, 1.807) is 37.3 Å². The summed E-state index contributed by atoms with van der Waals surface area (Å²) in [5, 5.41) is 7.49. The number of amides is 1. The van der Waals surface area contributed by atoms with Crippen molar-refractivity contribution >= 4 is 17.7 Å². The highest BCUT2D eigenvalue weighted by Gasteiger charge is 2.38. The number of nitrogens with two attached hydrogens (primary N) is 2. The maximum atomic E-state index is 12.8. The van der Waals surface area contributed by atoms with Gasteiger partial charge in [-0.05, 0) is 18.6 Å². The molecule has 0 aromatic heterocycles. The fourth-order valence-electron chi connectivity index (χ4n) is 2.91. The highest BCUT2D eigenvalue weighted by atomic mass is 16.6. The van der Waals surface area contributed by atoms with Gasteiger partial charge >= 0.3 is 5.97 Å². The quantitative estimate of drug-likeness (QED) is 0.184. The summed E-state index contributed by atoms with van der Waals surface area (Å²) >= 11 is 0. The monoisotopic (exact) mass is 434 g/mol. The minimum absolute atomic E-state index is 0.0801. The molecule has 1 amide bonds. The molecule has 0 radical (unpaired) electrons. The van der Waals surface area contributed by atoms with Crippen LogP contribution in [0.15, 0.2) is 36.1 Å². The van der Waals surface area contributed by atoms with Crippen LogP contribution in [0.2, 0.25) is 0 Å². The number of amidine groups is 1. The van der Waals surface area contributed by atoms with Crippen molar-refractivity contribution in [2.45, 2.75) is 13.0 Å². The van der Waals surface area contributed by atoms with Crippen LogP contribution in [0.4, 0.5) is 0 Å². The Morgan fingerprint density at radius 1 is 1.16 bits per heavy atom. The summed E-state index contributed by atoms with van der Waals surface area (Å²) in [7, 11) is 0. The maximum Gasteiger partial charge on any atom is 0.338 e. The van der Waals surface area contributed by atoms with E-state index in [9.17, 15) is 9.59 Å². The molecule has 0 bridgehead atoms. The largest absolute Gasteiger partial charge is 0.428 e. The van der Waals surface area contributed by atoms with Gasteiger partial charge in [0, 0.05) is 12.1 Å². The van der Waals surface area contributed by atoms with E-state index >= 15 is 0 Å². The van der Waals surface area contributed by atoms with Gasteiger partial charge in [0.25, 0.3) is 0 Å². The van der Waals surface area contributed by atoms with Crippen LogP contribution in [0, 0.1) is 5.41 Å². The normalized spacial score (nSPS) is 17.6. The minimum Gasteiger partial charge on any atom is -0.428 e. The Balaban J connectivity index is 1.93. The first kappa shape index (κ1) is 24.5. The summed E-state index contributed by atoms with van der Waals surface area (Å²) in [5.41, 5.74) is 11.9. The molecule has 31 heavy (non-hydrogen) atoms. The van der Waals surface area contributed by atoms with Crippen LogP contribution >= 0.6 is 0 Å². The molecule has 0 spiro atoms. The number of cyclic esters (lactones) is 1. The van der Waals surface area contributed by atoms with Gasteiger partial charge < -0.3 is 35.3 Å². The Bertz CT molecular complexity index is 781. The molecule has 5 N–H and O–H groups in total. The van der Waals surface area contributed by atoms with E-state index < -0.39 is 12.0 Å². The van der Waals surface area contributed by atoms with Gasteiger partial charge in [0.1, 0.15) is 18.2 Å². The zero-order valence-corrected chi connectivity index (χ0v) is 17.7. The summed E-state index contributed by atoms with van der Waals surface area (Å²) in [5.74, 6) is -0.578. The van der Waals surface area contributed by atoms with E-state index in [0.717, 1.165) is 0 Å². The molecule has 0 aliphatic carbocycles. The van der Waals surface area contributed by atoms with Crippen molar-refractivity contribution in [2.75, 3.05) is 52.7 Å². The molecule has 1 aliphatic rings. The van der Waals surface area contributed by atoms with Gasteiger partial charge in [0.05, 0.1) is 39.6 Å². The second-order valence-corrected chi connectivity index (χ2v) is 6.70. The number of nitrogen functional groups attached to an aromatic ring is 1. The highest BCUT2D eigenvalue weighted by Crippen LogP contribution is 2.29. The van der Waals surface area contributed by atoms with Crippen LogP contribution in [0.3, 0.4) is 0 Å². The van der Waals surface area contributed by atoms with Crippen molar-refractivity contribution in [3.05, 3.63) is 47.2 Å². The molecule has 1 fully saturated rings. The van der Waals surface area contributed by atoms with Gasteiger partial charge in [-0.3, -0.25) is 10.2 Å². The Labute approximate surface area is 181 Å². The molecule has 2 rings (SSSR count). The van der Waals surface area contributed by atoms with Crippen molar-refractivity contribution in [1.29, 1.82) is 5.41 Å². The van der Waals surface area contributed by atoms with Gasteiger partial charge in [-0.15, -0.1) is 0 Å². The van der Waals surface area contributed by atoms with Crippen molar-refractivity contribution in [3.8, 4) is 0 Å². The number of ether oxygens (including phenoxy) is 4. The van der Waals surface area contributed by atoms with Crippen molar-refractivity contribution in [1.82, 2.24) is 4.90 Å². The van der Waals surface area contributed by atoms with E-state index in [4.69, 9.17) is 35.8 Å². The molecular formula is C21H30N4O6. The Hall–Kier alpha value is -2.79. The number of esters is 1. The molecular weight excluding hydrogens is 404 g/mol. The Kier molecular flexibility index (Phi) is 10.1. The highest BCUT2D eigenvalue weighted by molar-refractivity contribution is 5.95. The van der Waals surface area contributed by atoms with Crippen LogP contribution in [-0.4, -0.2) is 75.3 Å². The van der Waals surface area contributed by atoms with Crippen LogP contribution < -0.4 is 11.5 Å². The Morgan fingerprint density at radius 2 is 1.77 bits per heavy atom. The van der Waals surface area contributed by atoms with E-state index in [-0.39, 0.29) is 31.5 Å². The number of hydrogen-bond donors (Lipinski definition) is 3. The number of benzene rings is 1. The zero-order valence-electron chi connectivity index (χ0n) is 17.7. The first-order valence-corrected chi connectivity index (χ1v) is 10.0. The SMILES string of the molecule is C/C=C1\CN(C(=O)COCCOCCOCCN)C(c2ccc(C(=N)N)cc2)C(=O)O1. The number of carbonyl (C=O) groups is 2. The van der Waals surface area contributed by atoms with Crippen LogP contribution in [0.1, 0.15) is 24.1 Å². The number of nitrogens with one attached hydrogen (secondary N) is 1. The summed E-state index contributed by atoms with van der Waals surface area (Å²) in [4.78, 5) is 26.8. The van der Waals surface area contributed by atoms with Crippen molar-refractivity contribution in [3.63, 3.8) is 0 Å². The van der Waals surface area contributed by atoms with E-state index in [2.05, 4.69) is 0 Å². The predicted molar refractivity (Wildman–Crippen MR) is 113 cm³/mol. The lowest BCUT2D eigenvalue weighted by molar-refractivity contribution is -0.160. The molecule has 1 atom stereocenters. The number of hydrogen-bond acceptors (Lipinski definition) is 8. The van der Waals surface area contributed by atoms with E-state index in [1.165, 1.54) is 4.90 Å². The number of carbonyl (C=O) groups excluding carboxylic acids is 2. The van der Waals surface area contributed by atoms with Gasteiger partial charge in [-0.25, -0.2) is 4.79 Å². The summed E-state index contributed by atoms with van der Waals surface area (Å²) in [6.45, 7) is 4.05. The van der Waals surface area contributed by atoms with Gasteiger partial charge in [0.15, 0.2) is 6.04 Å². The minimum atomic E-state index is -0.906. The van der Waals surface area contributed by atoms with Crippen molar-refractivity contribution in [2.24, 2.45) is 11.5 Å². The third-order valence-corrected chi connectivity index (χ3v) is 4.50. The molecule has 1 aromatic rings. The number of rotatable bonds is 12. The smallest absolute Gasteiger partial charge is 0.338 e. The maximum absolute atomic E-state index is 12.8. The standard InChI is InChI=1S/C21H30N4O6/c1-2-17-13-25(18(26)14-30-12-11-29-10-9-28-8-7-22)19(21(27)31-17)15-3-5-16(6-4-15)20(23)24/h2-6,19H,7-14,22H2,1H3,(H3,23,24)/b17-2+. The molecule has 1 unspecified atom stereocenters. The summed E-state index contributed by atoms with van der Waals surface area (Å²) in [6.07, 6.45) is 1.65. The molecule has 0 saturated carbocycles. The molecule has 1 saturated heterocycles. The second kappa shape index (κ2) is 12.8. The van der Waals surface area contributed by atoms with Gasteiger partial charge in [0.2, 0.25) is 5.91 Å². The van der Waals surface area contributed by atoms with Crippen LogP contribution in [0.25, 0.3) is 0 Å². The Morgan fingerprint density at radius 3 is 2.35 bits per heavy atom. The average Bonchev–Trinajstić information content (AvgIpc) is 2.77. The van der Waals surface area contributed by atoms with Crippen LogP contribution in [-0.2, 0) is 28.5 Å². The molecule has 10 heteroatoms. The van der Waals surface area contributed by atoms with E-state index in [0.29, 0.717) is 49.9 Å². The topological polar surface area (TPSA) is 150 Å². The first-order chi connectivity index (χ1) is 15.0.